The minimum atomic E-state index is -0.120. The maximum absolute atomic E-state index is 9.40. The first kappa shape index (κ1) is 12.6. The lowest BCUT2D eigenvalue weighted by Gasteiger charge is -2.16. The SMILES string of the molecule is OCC(NCc1ccccc1)c1ccc(O)cc1. The second kappa shape index (κ2) is 6.19. The number of hydrogen-bond acceptors (Lipinski definition) is 3. The van der Waals surface area contributed by atoms with Crippen LogP contribution in [-0.4, -0.2) is 16.8 Å². The molecule has 0 saturated heterocycles. The van der Waals surface area contributed by atoms with Crippen molar-refractivity contribution in [1.29, 1.82) is 0 Å². The lowest BCUT2D eigenvalue weighted by molar-refractivity contribution is 0.243. The summed E-state index contributed by atoms with van der Waals surface area (Å²) in [6.45, 7) is 0.727. The van der Waals surface area contributed by atoms with Crippen LogP contribution in [-0.2, 0) is 6.54 Å². The topological polar surface area (TPSA) is 52.5 Å². The van der Waals surface area contributed by atoms with Gasteiger partial charge in [0.25, 0.3) is 0 Å². The number of aliphatic hydroxyl groups excluding tert-OH is 1. The summed E-state index contributed by atoms with van der Waals surface area (Å²) in [7, 11) is 0. The Bertz CT molecular complexity index is 468. The van der Waals surface area contributed by atoms with Crippen LogP contribution in [0, 0.1) is 0 Å². The van der Waals surface area contributed by atoms with E-state index in [1.54, 1.807) is 12.1 Å². The molecular weight excluding hydrogens is 226 g/mol. The normalized spacial score (nSPS) is 12.3. The third kappa shape index (κ3) is 3.32. The lowest BCUT2D eigenvalue weighted by atomic mass is 10.1. The van der Waals surface area contributed by atoms with Crippen LogP contribution in [0.3, 0.4) is 0 Å². The number of phenols is 1. The molecule has 3 nitrogen and oxygen atoms in total. The molecule has 3 heteroatoms. The molecule has 3 N–H and O–H groups in total. The average Bonchev–Trinajstić information content (AvgIpc) is 2.42. The van der Waals surface area contributed by atoms with Crippen LogP contribution in [0.4, 0.5) is 0 Å². The summed E-state index contributed by atoms with van der Waals surface area (Å²) in [5, 5.41) is 21.9. The van der Waals surface area contributed by atoms with E-state index >= 15 is 0 Å². The number of phenolic OH excluding ortho intramolecular Hbond substituents is 1. The third-order valence-electron chi connectivity index (χ3n) is 2.87. The van der Waals surface area contributed by atoms with Crippen LogP contribution in [0.15, 0.2) is 54.6 Å². The summed E-state index contributed by atoms with van der Waals surface area (Å²) in [6, 6.07) is 16.8. The van der Waals surface area contributed by atoms with Crippen molar-refractivity contribution in [3.63, 3.8) is 0 Å². The molecule has 0 aliphatic heterocycles. The minimum absolute atomic E-state index is 0.0254. The Morgan fingerprint density at radius 2 is 1.61 bits per heavy atom. The Morgan fingerprint density at radius 3 is 2.22 bits per heavy atom. The van der Waals surface area contributed by atoms with E-state index in [1.807, 2.05) is 42.5 Å². The predicted molar refractivity (Wildman–Crippen MR) is 71.2 cm³/mol. The Balaban J connectivity index is 1.99. The van der Waals surface area contributed by atoms with E-state index in [0.717, 1.165) is 5.56 Å². The molecule has 2 rings (SSSR count). The van der Waals surface area contributed by atoms with Gasteiger partial charge < -0.3 is 15.5 Å². The Labute approximate surface area is 107 Å². The van der Waals surface area contributed by atoms with E-state index < -0.39 is 0 Å². The number of aromatic hydroxyl groups is 1. The van der Waals surface area contributed by atoms with Gasteiger partial charge in [0, 0.05) is 6.54 Å². The second-order valence-corrected chi connectivity index (χ2v) is 4.19. The Kier molecular flexibility index (Phi) is 4.34. The molecule has 1 unspecified atom stereocenters. The van der Waals surface area contributed by atoms with Crippen molar-refractivity contribution >= 4 is 0 Å². The van der Waals surface area contributed by atoms with Gasteiger partial charge in [0.1, 0.15) is 5.75 Å². The first-order valence-electron chi connectivity index (χ1n) is 5.96. The van der Waals surface area contributed by atoms with E-state index in [4.69, 9.17) is 0 Å². The molecule has 94 valence electrons. The molecule has 18 heavy (non-hydrogen) atoms. The van der Waals surface area contributed by atoms with Gasteiger partial charge in [-0.05, 0) is 23.3 Å². The van der Waals surface area contributed by atoms with Crippen molar-refractivity contribution in [2.24, 2.45) is 0 Å². The quantitative estimate of drug-likeness (QED) is 0.754. The number of aliphatic hydroxyl groups is 1. The van der Waals surface area contributed by atoms with Crippen LogP contribution in [0.1, 0.15) is 17.2 Å². The zero-order valence-electron chi connectivity index (χ0n) is 10.1. The van der Waals surface area contributed by atoms with Crippen LogP contribution in [0.2, 0.25) is 0 Å². The zero-order valence-corrected chi connectivity index (χ0v) is 10.1. The smallest absolute Gasteiger partial charge is 0.115 e. The summed E-state index contributed by atoms with van der Waals surface area (Å²) in [5.41, 5.74) is 2.14. The lowest BCUT2D eigenvalue weighted by Crippen LogP contribution is -2.23. The molecule has 0 heterocycles. The fourth-order valence-corrected chi connectivity index (χ4v) is 1.83. The van der Waals surface area contributed by atoms with Gasteiger partial charge in [0.05, 0.1) is 12.6 Å². The van der Waals surface area contributed by atoms with Crippen molar-refractivity contribution in [3.05, 3.63) is 65.7 Å². The van der Waals surface area contributed by atoms with Gasteiger partial charge in [-0.25, -0.2) is 0 Å². The van der Waals surface area contributed by atoms with Crippen molar-refractivity contribution in [2.45, 2.75) is 12.6 Å². The molecular formula is C15H17NO2. The Morgan fingerprint density at radius 1 is 0.944 bits per heavy atom. The number of hydrogen-bond donors (Lipinski definition) is 3. The van der Waals surface area contributed by atoms with E-state index in [-0.39, 0.29) is 18.4 Å². The predicted octanol–water partition coefficient (Wildman–Crippen LogP) is 2.22. The first-order chi connectivity index (χ1) is 8.79. The van der Waals surface area contributed by atoms with Crippen molar-refractivity contribution in [2.75, 3.05) is 6.61 Å². The van der Waals surface area contributed by atoms with Gasteiger partial charge in [0.2, 0.25) is 0 Å². The monoisotopic (exact) mass is 243 g/mol. The third-order valence-corrected chi connectivity index (χ3v) is 2.87. The van der Waals surface area contributed by atoms with Crippen LogP contribution >= 0.6 is 0 Å². The van der Waals surface area contributed by atoms with Crippen LogP contribution < -0.4 is 5.32 Å². The molecule has 0 fully saturated rings. The zero-order chi connectivity index (χ0) is 12.8. The highest BCUT2D eigenvalue weighted by Gasteiger charge is 2.09. The summed E-state index contributed by atoms with van der Waals surface area (Å²) in [5.74, 6) is 0.235. The maximum atomic E-state index is 9.40. The summed E-state index contributed by atoms with van der Waals surface area (Å²) < 4.78 is 0. The fourth-order valence-electron chi connectivity index (χ4n) is 1.83. The van der Waals surface area contributed by atoms with Crippen molar-refractivity contribution in [1.82, 2.24) is 5.32 Å². The molecule has 0 saturated carbocycles. The summed E-state index contributed by atoms with van der Waals surface area (Å²) in [4.78, 5) is 0. The highest BCUT2D eigenvalue weighted by Crippen LogP contribution is 2.17. The molecule has 0 radical (unpaired) electrons. The van der Waals surface area contributed by atoms with Gasteiger partial charge in [0.15, 0.2) is 0 Å². The highest BCUT2D eigenvalue weighted by molar-refractivity contribution is 5.28. The second-order valence-electron chi connectivity index (χ2n) is 4.19. The number of rotatable bonds is 5. The molecule has 0 aromatic heterocycles. The first-order valence-corrected chi connectivity index (χ1v) is 5.96. The largest absolute Gasteiger partial charge is 0.508 e. The molecule has 2 aromatic rings. The fraction of sp³-hybridized carbons (Fsp3) is 0.200. The molecule has 0 aliphatic rings. The maximum Gasteiger partial charge on any atom is 0.115 e. The number of benzene rings is 2. The molecule has 1 atom stereocenters. The Hall–Kier alpha value is -1.84. The van der Waals surface area contributed by atoms with Crippen molar-refractivity contribution < 1.29 is 10.2 Å². The van der Waals surface area contributed by atoms with Gasteiger partial charge in [-0.2, -0.15) is 0 Å². The van der Waals surface area contributed by atoms with E-state index in [9.17, 15) is 10.2 Å². The minimum Gasteiger partial charge on any atom is -0.508 e. The van der Waals surface area contributed by atoms with Crippen LogP contribution in [0.25, 0.3) is 0 Å². The summed E-state index contributed by atoms with van der Waals surface area (Å²) >= 11 is 0. The van der Waals surface area contributed by atoms with E-state index in [1.165, 1.54) is 5.56 Å². The summed E-state index contributed by atoms with van der Waals surface area (Å²) in [6.07, 6.45) is 0. The molecule has 0 bridgehead atoms. The molecule has 2 aromatic carbocycles. The van der Waals surface area contributed by atoms with Gasteiger partial charge in [-0.1, -0.05) is 42.5 Å². The average molecular weight is 243 g/mol. The van der Waals surface area contributed by atoms with Crippen molar-refractivity contribution in [3.8, 4) is 5.75 Å². The van der Waals surface area contributed by atoms with Crippen LogP contribution in [0.5, 0.6) is 5.75 Å². The van der Waals surface area contributed by atoms with E-state index in [2.05, 4.69) is 5.32 Å². The molecule has 0 spiro atoms. The van der Waals surface area contributed by atoms with Gasteiger partial charge >= 0.3 is 0 Å². The van der Waals surface area contributed by atoms with Gasteiger partial charge in [-0.15, -0.1) is 0 Å². The molecule has 0 aliphatic carbocycles. The highest BCUT2D eigenvalue weighted by atomic mass is 16.3. The molecule has 0 amide bonds. The standard InChI is InChI=1S/C15H17NO2/c17-11-15(13-6-8-14(18)9-7-13)16-10-12-4-2-1-3-5-12/h1-9,15-18H,10-11H2. The number of nitrogens with one attached hydrogen (secondary N) is 1. The van der Waals surface area contributed by atoms with E-state index in [0.29, 0.717) is 6.54 Å². The van der Waals surface area contributed by atoms with Gasteiger partial charge in [-0.3, -0.25) is 0 Å².